The van der Waals surface area contributed by atoms with Crippen molar-refractivity contribution in [3.63, 3.8) is 0 Å². The van der Waals surface area contributed by atoms with Gasteiger partial charge >= 0.3 is 0 Å². The Kier molecular flexibility index (Phi) is 2.76. The molecule has 0 saturated heterocycles. The number of nitrogens with two attached hydrogens (primary N) is 1. The van der Waals surface area contributed by atoms with Crippen molar-refractivity contribution in [3.8, 4) is 0 Å². The van der Waals surface area contributed by atoms with Crippen LogP contribution in [0.1, 0.15) is 44.1 Å². The molecule has 1 aromatic carbocycles. The Labute approximate surface area is 86.3 Å². The van der Waals surface area contributed by atoms with E-state index in [2.05, 4.69) is 19.1 Å². The summed E-state index contributed by atoms with van der Waals surface area (Å²) < 4.78 is 0. The van der Waals surface area contributed by atoms with E-state index in [-0.39, 0.29) is 0 Å². The van der Waals surface area contributed by atoms with Crippen LogP contribution in [0.3, 0.4) is 0 Å². The summed E-state index contributed by atoms with van der Waals surface area (Å²) >= 11 is 0. The molecule has 14 heavy (non-hydrogen) atoms. The molecule has 0 aromatic heterocycles. The molecule has 1 nitrogen and oxygen atoms in total. The van der Waals surface area contributed by atoms with Gasteiger partial charge in [-0.25, -0.2) is 0 Å². The zero-order valence-electron chi connectivity index (χ0n) is 8.87. The number of nitrogen functional groups attached to an aromatic ring is 1. The Hall–Kier alpha value is -0.980. The standard InChI is InChI=1S/C13H19N/c1-10-5-4-6-11(9-10)12-7-2-3-8-13(12)14/h2-3,7-8,10-11H,4-6,9,14H2,1H3. The van der Waals surface area contributed by atoms with Crippen LogP contribution < -0.4 is 5.73 Å². The maximum Gasteiger partial charge on any atom is 0.0349 e. The second-order valence-corrected chi connectivity index (χ2v) is 4.60. The van der Waals surface area contributed by atoms with E-state index in [1.165, 1.54) is 31.2 Å². The predicted molar refractivity (Wildman–Crippen MR) is 61.2 cm³/mol. The Bertz CT molecular complexity index is 306. The molecule has 2 unspecified atom stereocenters. The highest BCUT2D eigenvalue weighted by molar-refractivity contribution is 5.48. The van der Waals surface area contributed by atoms with Gasteiger partial charge in [0, 0.05) is 5.69 Å². The number of hydrogen-bond acceptors (Lipinski definition) is 1. The van der Waals surface area contributed by atoms with Gasteiger partial charge in [-0.2, -0.15) is 0 Å². The molecule has 76 valence electrons. The summed E-state index contributed by atoms with van der Waals surface area (Å²) in [5, 5.41) is 0. The Balaban J connectivity index is 2.18. The van der Waals surface area contributed by atoms with Crippen molar-refractivity contribution in [1.29, 1.82) is 0 Å². The highest BCUT2D eigenvalue weighted by Crippen LogP contribution is 2.37. The first-order chi connectivity index (χ1) is 6.77. The van der Waals surface area contributed by atoms with Crippen LogP contribution in [-0.4, -0.2) is 0 Å². The lowest BCUT2D eigenvalue weighted by molar-refractivity contribution is 0.344. The first-order valence-electron chi connectivity index (χ1n) is 5.62. The number of para-hydroxylation sites is 1. The zero-order valence-corrected chi connectivity index (χ0v) is 8.87. The van der Waals surface area contributed by atoms with E-state index >= 15 is 0 Å². The van der Waals surface area contributed by atoms with Gasteiger partial charge in [0.2, 0.25) is 0 Å². The average Bonchev–Trinajstić information content (AvgIpc) is 2.18. The average molecular weight is 189 g/mol. The molecule has 0 amide bonds. The van der Waals surface area contributed by atoms with Gasteiger partial charge < -0.3 is 5.73 Å². The Morgan fingerprint density at radius 2 is 2.00 bits per heavy atom. The van der Waals surface area contributed by atoms with Crippen LogP contribution in [0.4, 0.5) is 5.69 Å². The van der Waals surface area contributed by atoms with Crippen molar-refractivity contribution < 1.29 is 0 Å². The number of benzene rings is 1. The summed E-state index contributed by atoms with van der Waals surface area (Å²) in [6, 6.07) is 8.34. The normalized spacial score (nSPS) is 27.5. The predicted octanol–water partition coefficient (Wildman–Crippen LogP) is 3.56. The van der Waals surface area contributed by atoms with Crippen LogP contribution in [0.25, 0.3) is 0 Å². The third-order valence-corrected chi connectivity index (χ3v) is 3.37. The number of anilines is 1. The van der Waals surface area contributed by atoms with Gasteiger partial charge in [-0.05, 0) is 36.3 Å². The minimum Gasteiger partial charge on any atom is -0.398 e. The summed E-state index contributed by atoms with van der Waals surface area (Å²) in [5.41, 5.74) is 8.35. The maximum atomic E-state index is 6.00. The molecule has 0 aliphatic heterocycles. The van der Waals surface area contributed by atoms with Gasteiger partial charge in [0.05, 0.1) is 0 Å². The fourth-order valence-electron chi connectivity index (χ4n) is 2.60. The van der Waals surface area contributed by atoms with Gasteiger partial charge in [0.1, 0.15) is 0 Å². The van der Waals surface area contributed by atoms with E-state index in [0.29, 0.717) is 5.92 Å². The molecule has 0 radical (unpaired) electrons. The molecule has 0 heterocycles. The largest absolute Gasteiger partial charge is 0.398 e. The van der Waals surface area contributed by atoms with Crippen molar-refractivity contribution >= 4 is 5.69 Å². The highest BCUT2D eigenvalue weighted by Gasteiger charge is 2.21. The van der Waals surface area contributed by atoms with Gasteiger partial charge in [-0.1, -0.05) is 38.0 Å². The first-order valence-corrected chi connectivity index (χ1v) is 5.62. The van der Waals surface area contributed by atoms with Crippen molar-refractivity contribution in [2.45, 2.75) is 38.5 Å². The smallest absolute Gasteiger partial charge is 0.0349 e. The highest BCUT2D eigenvalue weighted by atomic mass is 14.6. The molecule has 1 aliphatic rings. The summed E-state index contributed by atoms with van der Waals surface area (Å²) in [6.45, 7) is 2.35. The summed E-state index contributed by atoms with van der Waals surface area (Å²) in [7, 11) is 0. The van der Waals surface area contributed by atoms with Gasteiger partial charge in [0.15, 0.2) is 0 Å². The lowest BCUT2D eigenvalue weighted by Crippen LogP contribution is -2.12. The first kappa shape index (κ1) is 9.57. The SMILES string of the molecule is CC1CCCC(c2ccccc2N)C1. The lowest BCUT2D eigenvalue weighted by atomic mass is 9.78. The van der Waals surface area contributed by atoms with Crippen LogP contribution in [-0.2, 0) is 0 Å². The van der Waals surface area contributed by atoms with Crippen LogP contribution in [0.15, 0.2) is 24.3 Å². The molecule has 1 aromatic rings. The maximum absolute atomic E-state index is 6.00. The van der Waals surface area contributed by atoms with Crippen molar-refractivity contribution in [1.82, 2.24) is 0 Å². The minimum absolute atomic E-state index is 0.708. The molecule has 0 bridgehead atoms. The van der Waals surface area contributed by atoms with Crippen molar-refractivity contribution in [2.24, 2.45) is 5.92 Å². The van der Waals surface area contributed by atoms with E-state index < -0.39 is 0 Å². The van der Waals surface area contributed by atoms with Crippen molar-refractivity contribution in [2.75, 3.05) is 5.73 Å². The Morgan fingerprint density at radius 3 is 2.71 bits per heavy atom. The summed E-state index contributed by atoms with van der Waals surface area (Å²) in [5.74, 6) is 1.58. The van der Waals surface area contributed by atoms with E-state index in [1.54, 1.807) is 0 Å². The molecule has 2 N–H and O–H groups in total. The van der Waals surface area contributed by atoms with E-state index in [0.717, 1.165) is 11.6 Å². The van der Waals surface area contributed by atoms with Crippen LogP contribution in [0, 0.1) is 5.92 Å². The minimum atomic E-state index is 0.708. The van der Waals surface area contributed by atoms with E-state index in [9.17, 15) is 0 Å². The Morgan fingerprint density at radius 1 is 1.21 bits per heavy atom. The molecular formula is C13H19N. The molecule has 1 fully saturated rings. The van der Waals surface area contributed by atoms with Crippen LogP contribution in [0.5, 0.6) is 0 Å². The third-order valence-electron chi connectivity index (χ3n) is 3.37. The zero-order chi connectivity index (χ0) is 9.97. The fourth-order valence-corrected chi connectivity index (χ4v) is 2.60. The second-order valence-electron chi connectivity index (χ2n) is 4.60. The lowest BCUT2D eigenvalue weighted by Gasteiger charge is -2.27. The van der Waals surface area contributed by atoms with Gasteiger partial charge in [0.25, 0.3) is 0 Å². The van der Waals surface area contributed by atoms with Gasteiger partial charge in [-0.15, -0.1) is 0 Å². The monoisotopic (exact) mass is 189 g/mol. The molecule has 1 aliphatic carbocycles. The number of rotatable bonds is 1. The summed E-state index contributed by atoms with van der Waals surface area (Å²) in [6.07, 6.45) is 5.39. The quantitative estimate of drug-likeness (QED) is 0.672. The molecule has 2 atom stereocenters. The van der Waals surface area contributed by atoms with Crippen LogP contribution in [0.2, 0.25) is 0 Å². The van der Waals surface area contributed by atoms with E-state index in [1.807, 2.05) is 12.1 Å². The van der Waals surface area contributed by atoms with Crippen molar-refractivity contribution in [3.05, 3.63) is 29.8 Å². The fraction of sp³-hybridized carbons (Fsp3) is 0.538. The second kappa shape index (κ2) is 4.04. The molecule has 1 heteroatoms. The number of hydrogen-bond donors (Lipinski definition) is 1. The van der Waals surface area contributed by atoms with Crippen LogP contribution >= 0.6 is 0 Å². The summed E-state index contributed by atoms with van der Waals surface area (Å²) in [4.78, 5) is 0. The molecule has 1 saturated carbocycles. The van der Waals surface area contributed by atoms with Gasteiger partial charge in [-0.3, -0.25) is 0 Å². The molecular weight excluding hydrogens is 170 g/mol. The topological polar surface area (TPSA) is 26.0 Å². The molecule has 2 rings (SSSR count). The van der Waals surface area contributed by atoms with E-state index in [4.69, 9.17) is 5.73 Å². The molecule has 0 spiro atoms. The third kappa shape index (κ3) is 1.92.